The summed E-state index contributed by atoms with van der Waals surface area (Å²) in [6, 6.07) is 13.6. The maximum absolute atomic E-state index is 6.54. The molecule has 0 unspecified atom stereocenters. The van der Waals surface area contributed by atoms with Crippen molar-refractivity contribution in [2.75, 3.05) is 51.3 Å². The lowest BCUT2D eigenvalue weighted by Crippen LogP contribution is -2.44. The number of ether oxygens (including phenoxy) is 3. The number of hydrogen-bond acceptors (Lipinski definition) is 6. The van der Waals surface area contributed by atoms with E-state index in [1.165, 1.54) is 5.69 Å². The summed E-state index contributed by atoms with van der Waals surface area (Å²) in [6.45, 7) is 5.39. The topological polar surface area (TPSA) is 52.0 Å². The van der Waals surface area contributed by atoms with E-state index in [1.807, 2.05) is 29.0 Å². The summed E-state index contributed by atoms with van der Waals surface area (Å²) < 4.78 is 20.6. The van der Waals surface area contributed by atoms with E-state index in [4.69, 9.17) is 37.4 Å². The number of imidazole rings is 1. The molecule has 0 spiro atoms. The van der Waals surface area contributed by atoms with Gasteiger partial charge in [0.05, 0.1) is 24.5 Å². The van der Waals surface area contributed by atoms with Gasteiger partial charge in [-0.05, 0) is 43.4 Å². The van der Waals surface area contributed by atoms with E-state index < -0.39 is 5.79 Å². The Kier molecular flexibility index (Phi) is 6.99. The van der Waals surface area contributed by atoms with Crippen molar-refractivity contribution in [3.63, 3.8) is 0 Å². The lowest BCUT2D eigenvalue weighted by atomic mass is 10.1. The number of aromatic nitrogens is 2. The van der Waals surface area contributed by atoms with Crippen molar-refractivity contribution < 1.29 is 14.2 Å². The van der Waals surface area contributed by atoms with Crippen molar-refractivity contribution in [3.05, 3.63) is 76.8 Å². The SMILES string of the molecule is CN1CCN(c2ccc(OC[C@H]3CO[C@](Cn4ccnc4)(c4ccc(Cl)cc4Cl)O3)cc2)CC1. The fraction of sp³-hybridized carbons (Fsp3) is 0.400. The molecule has 0 N–H and O–H groups in total. The third-order valence-electron chi connectivity index (χ3n) is 6.29. The first kappa shape index (κ1) is 23.5. The van der Waals surface area contributed by atoms with Crippen LogP contribution in [0, 0.1) is 0 Å². The van der Waals surface area contributed by atoms with Crippen molar-refractivity contribution >= 4 is 28.9 Å². The molecule has 9 heteroatoms. The molecule has 0 amide bonds. The Morgan fingerprint density at radius 3 is 2.59 bits per heavy atom. The van der Waals surface area contributed by atoms with Gasteiger partial charge in [0.2, 0.25) is 5.79 Å². The zero-order chi connectivity index (χ0) is 23.5. The monoisotopic (exact) mass is 502 g/mol. The summed E-state index contributed by atoms with van der Waals surface area (Å²) in [5.74, 6) is -0.250. The molecule has 0 aliphatic carbocycles. The van der Waals surface area contributed by atoms with E-state index in [2.05, 4.69) is 34.0 Å². The third kappa shape index (κ3) is 5.19. The zero-order valence-corrected chi connectivity index (χ0v) is 20.6. The van der Waals surface area contributed by atoms with Crippen LogP contribution in [-0.4, -0.2) is 67.0 Å². The van der Waals surface area contributed by atoms with Crippen molar-refractivity contribution in [3.8, 4) is 5.75 Å². The smallest absolute Gasteiger partial charge is 0.215 e. The molecule has 1 aromatic heterocycles. The average Bonchev–Trinajstić information content (AvgIpc) is 3.49. The Bertz CT molecular complexity index is 1090. The Balaban J connectivity index is 1.25. The molecule has 0 radical (unpaired) electrons. The molecule has 2 saturated heterocycles. The fourth-order valence-corrected chi connectivity index (χ4v) is 4.93. The third-order valence-corrected chi connectivity index (χ3v) is 6.84. The molecular formula is C25H28Cl2N4O3. The first-order chi connectivity index (χ1) is 16.5. The van der Waals surface area contributed by atoms with Crippen molar-refractivity contribution in [2.45, 2.75) is 18.4 Å². The summed E-state index contributed by atoms with van der Waals surface area (Å²) in [4.78, 5) is 8.88. The van der Waals surface area contributed by atoms with Gasteiger partial charge in [-0.3, -0.25) is 0 Å². The van der Waals surface area contributed by atoms with Crippen LogP contribution in [0.5, 0.6) is 5.75 Å². The van der Waals surface area contributed by atoms with E-state index in [-0.39, 0.29) is 6.10 Å². The van der Waals surface area contributed by atoms with Gasteiger partial charge in [0, 0.05) is 54.8 Å². The van der Waals surface area contributed by atoms with E-state index in [0.29, 0.717) is 29.8 Å². The number of piperazine rings is 1. The highest BCUT2D eigenvalue weighted by atomic mass is 35.5. The molecule has 0 saturated carbocycles. The van der Waals surface area contributed by atoms with Gasteiger partial charge in [0.25, 0.3) is 0 Å². The second-order valence-corrected chi connectivity index (χ2v) is 9.60. The Labute approximate surface area is 209 Å². The second kappa shape index (κ2) is 10.1. The lowest BCUT2D eigenvalue weighted by Gasteiger charge is -2.34. The van der Waals surface area contributed by atoms with Crippen LogP contribution in [0.2, 0.25) is 10.0 Å². The minimum Gasteiger partial charge on any atom is -0.491 e. The standard InChI is InChI=1S/C25H28Cl2N4O3/c1-29-10-12-31(13-11-29)20-3-5-21(6-4-20)32-15-22-16-33-25(34-22,17-30-9-8-28-18-30)23-7-2-19(26)14-24(23)27/h2-9,14,18,22H,10-13,15-17H2,1H3/t22-,25-/m0/s1. The Hall–Kier alpha value is -2.29. The van der Waals surface area contributed by atoms with Gasteiger partial charge in [-0.25, -0.2) is 4.98 Å². The highest BCUT2D eigenvalue weighted by molar-refractivity contribution is 6.35. The minimum absolute atomic E-state index is 0.257. The number of likely N-dealkylation sites (N-methyl/N-ethyl adjacent to an activating group) is 1. The largest absolute Gasteiger partial charge is 0.491 e. The lowest BCUT2D eigenvalue weighted by molar-refractivity contribution is -0.189. The Morgan fingerprint density at radius 1 is 1.09 bits per heavy atom. The van der Waals surface area contributed by atoms with Crippen LogP contribution in [-0.2, 0) is 21.8 Å². The van der Waals surface area contributed by atoms with Crippen LogP contribution in [0.25, 0.3) is 0 Å². The molecule has 2 aromatic carbocycles. The van der Waals surface area contributed by atoms with Gasteiger partial charge >= 0.3 is 0 Å². The van der Waals surface area contributed by atoms with Crippen LogP contribution in [0.15, 0.2) is 61.2 Å². The Morgan fingerprint density at radius 2 is 1.88 bits per heavy atom. The van der Waals surface area contributed by atoms with Gasteiger partial charge < -0.3 is 28.6 Å². The van der Waals surface area contributed by atoms with E-state index >= 15 is 0 Å². The molecule has 2 atom stereocenters. The summed E-state index contributed by atoms with van der Waals surface area (Å²) >= 11 is 12.7. The highest BCUT2D eigenvalue weighted by Gasteiger charge is 2.45. The summed E-state index contributed by atoms with van der Waals surface area (Å²) in [5.41, 5.74) is 1.95. The number of halogens is 2. The van der Waals surface area contributed by atoms with Crippen LogP contribution < -0.4 is 9.64 Å². The predicted octanol–water partition coefficient (Wildman–Crippen LogP) is 4.29. The quantitative estimate of drug-likeness (QED) is 0.480. The molecule has 34 heavy (non-hydrogen) atoms. The van der Waals surface area contributed by atoms with E-state index in [1.54, 1.807) is 24.7 Å². The first-order valence-corrected chi connectivity index (χ1v) is 12.2. The molecule has 0 bridgehead atoms. The van der Waals surface area contributed by atoms with Gasteiger partial charge in [-0.1, -0.05) is 29.3 Å². The zero-order valence-electron chi connectivity index (χ0n) is 19.1. The number of benzene rings is 2. The summed E-state index contributed by atoms with van der Waals surface area (Å²) in [6.07, 6.45) is 5.06. The number of anilines is 1. The van der Waals surface area contributed by atoms with E-state index in [0.717, 1.165) is 37.5 Å². The predicted molar refractivity (Wildman–Crippen MR) is 133 cm³/mol. The first-order valence-electron chi connectivity index (χ1n) is 11.4. The number of hydrogen-bond donors (Lipinski definition) is 0. The van der Waals surface area contributed by atoms with Crippen LogP contribution in [0.4, 0.5) is 5.69 Å². The van der Waals surface area contributed by atoms with Gasteiger partial charge in [0.1, 0.15) is 18.5 Å². The normalized spacial score (nSPS) is 23.4. The second-order valence-electron chi connectivity index (χ2n) is 8.76. The molecule has 7 nitrogen and oxygen atoms in total. The molecule has 3 heterocycles. The van der Waals surface area contributed by atoms with Gasteiger partial charge in [-0.15, -0.1) is 0 Å². The maximum Gasteiger partial charge on any atom is 0.215 e. The van der Waals surface area contributed by atoms with E-state index in [9.17, 15) is 0 Å². The van der Waals surface area contributed by atoms with Crippen molar-refractivity contribution in [1.82, 2.24) is 14.5 Å². The van der Waals surface area contributed by atoms with Crippen LogP contribution >= 0.6 is 23.2 Å². The molecule has 2 aliphatic rings. The maximum atomic E-state index is 6.54. The van der Waals surface area contributed by atoms with Gasteiger partial charge in [-0.2, -0.15) is 0 Å². The minimum atomic E-state index is -1.05. The number of rotatable bonds is 7. The molecule has 180 valence electrons. The molecule has 2 fully saturated rings. The summed E-state index contributed by atoms with van der Waals surface area (Å²) in [7, 11) is 2.16. The average molecular weight is 503 g/mol. The molecule has 5 rings (SSSR count). The fourth-order valence-electron chi connectivity index (χ4n) is 4.38. The molecular weight excluding hydrogens is 475 g/mol. The van der Waals surface area contributed by atoms with Crippen molar-refractivity contribution in [2.24, 2.45) is 0 Å². The van der Waals surface area contributed by atoms with Crippen LogP contribution in [0.3, 0.4) is 0 Å². The molecule has 2 aliphatic heterocycles. The highest BCUT2D eigenvalue weighted by Crippen LogP contribution is 2.40. The van der Waals surface area contributed by atoms with Crippen molar-refractivity contribution in [1.29, 1.82) is 0 Å². The summed E-state index contributed by atoms with van der Waals surface area (Å²) in [5, 5.41) is 1.05. The van der Waals surface area contributed by atoms with Crippen LogP contribution in [0.1, 0.15) is 5.56 Å². The molecule has 3 aromatic rings. The van der Waals surface area contributed by atoms with Gasteiger partial charge in [0.15, 0.2) is 0 Å². The number of nitrogens with zero attached hydrogens (tertiary/aromatic N) is 4.